The third-order valence-electron chi connectivity index (χ3n) is 4.75. The number of rotatable bonds is 4. The number of nitriles is 1. The van der Waals surface area contributed by atoms with Crippen LogP contribution in [0.15, 0.2) is 71.3 Å². The molecule has 8 heteroatoms. The predicted molar refractivity (Wildman–Crippen MR) is 124 cm³/mol. The number of carbonyl (C=O) groups is 1. The van der Waals surface area contributed by atoms with Crippen LogP contribution in [-0.2, 0) is 6.54 Å². The molecule has 0 fully saturated rings. The van der Waals surface area contributed by atoms with Crippen LogP contribution in [0.2, 0.25) is 0 Å². The van der Waals surface area contributed by atoms with E-state index in [1.807, 2.05) is 30.5 Å². The monoisotopic (exact) mass is 492 g/mol. The molecule has 0 atom stereocenters. The molecule has 4 rings (SSSR count). The lowest BCUT2D eigenvalue weighted by atomic mass is 10.1. The minimum absolute atomic E-state index is 0.0475. The Hall–Kier alpha value is -3.96. The van der Waals surface area contributed by atoms with E-state index in [0.717, 1.165) is 26.5 Å². The molecule has 0 aliphatic carbocycles. The fourth-order valence-electron chi connectivity index (χ4n) is 3.14. The van der Waals surface area contributed by atoms with E-state index in [0.29, 0.717) is 6.54 Å². The van der Waals surface area contributed by atoms with Crippen molar-refractivity contribution in [1.82, 2.24) is 4.57 Å². The molecule has 0 aliphatic rings. The molecule has 1 heterocycles. The molecule has 6 nitrogen and oxygen atoms in total. The van der Waals surface area contributed by atoms with E-state index >= 15 is 0 Å². The van der Waals surface area contributed by atoms with Crippen LogP contribution in [0.4, 0.5) is 4.39 Å². The summed E-state index contributed by atoms with van der Waals surface area (Å²) >= 11 is 3.45. The number of carbonyl (C=O) groups excluding carboxylic acids is 1. The summed E-state index contributed by atoms with van der Waals surface area (Å²) in [6, 6.07) is 18.1. The lowest BCUT2D eigenvalue weighted by molar-refractivity contribution is 0.1000. The van der Waals surface area contributed by atoms with Crippen molar-refractivity contribution in [1.29, 1.82) is 10.7 Å². The number of nitrogens with zero attached hydrogens (tertiary/aromatic N) is 2. The van der Waals surface area contributed by atoms with Gasteiger partial charge in [0.2, 0.25) is 5.91 Å². The van der Waals surface area contributed by atoms with Crippen molar-refractivity contribution in [2.75, 3.05) is 0 Å². The summed E-state index contributed by atoms with van der Waals surface area (Å²) in [6.45, 7) is 0.587. The number of primary amides is 1. The highest BCUT2D eigenvalue weighted by molar-refractivity contribution is 9.10. The fourth-order valence-corrected chi connectivity index (χ4v) is 3.51. The van der Waals surface area contributed by atoms with Crippen LogP contribution in [0.25, 0.3) is 10.9 Å². The summed E-state index contributed by atoms with van der Waals surface area (Å²) in [4.78, 5) is 10.6. The molecule has 32 heavy (non-hydrogen) atoms. The number of benzene rings is 3. The third-order valence-corrected chi connectivity index (χ3v) is 5.53. The number of fused-ring (bicyclic) bond motifs is 1. The molecule has 4 N–H and O–H groups in total. The number of aromatic hydroxyl groups is 1. The van der Waals surface area contributed by atoms with Crippen molar-refractivity contribution < 1.29 is 14.3 Å². The standard InChI is InChI=1S/C16H12BrFN2.C8H6N2O2/c17-15-5-4-13(18)8-12(15)10-20-7-6-14-11(9-19)2-1-3-16(14)20;9-4-6-3-5(8(10)12)1-2-7(6)11/h1-9,19H,10H2;1-3,11H,(H2,10,12). The Kier molecular flexibility index (Phi) is 7.03. The van der Waals surface area contributed by atoms with E-state index in [-0.39, 0.29) is 22.7 Å². The number of halogens is 2. The molecule has 160 valence electrons. The highest BCUT2D eigenvalue weighted by atomic mass is 79.9. The highest BCUT2D eigenvalue weighted by Crippen LogP contribution is 2.24. The van der Waals surface area contributed by atoms with E-state index in [2.05, 4.69) is 20.5 Å². The first kappa shape index (κ1) is 22.7. The molecule has 0 bridgehead atoms. The molecule has 0 saturated heterocycles. The van der Waals surface area contributed by atoms with E-state index < -0.39 is 5.91 Å². The summed E-state index contributed by atoms with van der Waals surface area (Å²) < 4.78 is 16.3. The smallest absolute Gasteiger partial charge is 0.248 e. The first-order valence-corrected chi connectivity index (χ1v) is 10.2. The molecule has 1 aromatic heterocycles. The van der Waals surface area contributed by atoms with E-state index in [1.54, 1.807) is 12.1 Å². The summed E-state index contributed by atoms with van der Waals surface area (Å²) in [5.74, 6) is -1.01. The Morgan fingerprint density at radius 2 is 2.00 bits per heavy atom. The average Bonchev–Trinajstić information content (AvgIpc) is 3.20. The number of amides is 1. The topological polar surface area (TPSA) is 116 Å². The van der Waals surface area contributed by atoms with Crippen molar-refractivity contribution in [3.05, 3.63) is 99.4 Å². The fraction of sp³-hybridized carbons (Fsp3) is 0.0417. The van der Waals surface area contributed by atoms with Gasteiger partial charge in [-0.15, -0.1) is 0 Å². The highest BCUT2D eigenvalue weighted by Gasteiger charge is 2.08. The third kappa shape index (κ3) is 5.02. The van der Waals surface area contributed by atoms with Crippen molar-refractivity contribution in [2.45, 2.75) is 6.54 Å². The minimum Gasteiger partial charge on any atom is -0.507 e. The van der Waals surface area contributed by atoms with E-state index in [4.69, 9.17) is 21.5 Å². The molecule has 0 radical (unpaired) electrons. The second-order valence-electron chi connectivity index (χ2n) is 6.81. The maximum Gasteiger partial charge on any atom is 0.248 e. The van der Waals surface area contributed by atoms with Crippen molar-refractivity contribution in [2.24, 2.45) is 5.73 Å². The van der Waals surface area contributed by atoms with Gasteiger partial charge in [-0.2, -0.15) is 5.26 Å². The van der Waals surface area contributed by atoms with Crippen molar-refractivity contribution in [3.63, 3.8) is 0 Å². The first-order valence-electron chi connectivity index (χ1n) is 9.39. The Morgan fingerprint density at radius 1 is 1.22 bits per heavy atom. The molecule has 0 saturated carbocycles. The van der Waals surface area contributed by atoms with E-state index in [1.165, 1.54) is 36.5 Å². The maximum atomic E-state index is 13.3. The quantitative estimate of drug-likeness (QED) is 0.349. The van der Waals surface area contributed by atoms with Crippen LogP contribution in [-0.4, -0.2) is 21.8 Å². The van der Waals surface area contributed by atoms with Gasteiger partial charge >= 0.3 is 0 Å². The summed E-state index contributed by atoms with van der Waals surface area (Å²) in [5.41, 5.74) is 8.04. The van der Waals surface area contributed by atoms with Gasteiger partial charge in [0.1, 0.15) is 17.6 Å². The summed E-state index contributed by atoms with van der Waals surface area (Å²) in [6.07, 6.45) is 3.32. The average molecular weight is 493 g/mol. The van der Waals surface area contributed by atoms with Gasteiger partial charge < -0.3 is 20.8 Å². The van der Waals surface area contributed by atoms with Gasteiger partial charge in [-0.05, 0) is 54.1 Å². The number of hydrogen-bond donors (Lipinski definition) is 3. The molecule has 0 unspecified atom stereocenters. The van der Waals surface area contributed by atoms with E-state index in [9.17, 15) is 9.18 Å². The van der Waals surface area contributed by atoms with Crippen molar-refractivity contribution >= 4 is 39.0 Å². The SMILES string of the molecule is N#Cc1cc(C(N)=O)ccc1O.N=Cc1cccc2c1ccn2Cc1cc(F)ccc1Br. The molecular weight excluding hydrogens is 475 g/mol. The Labute approximate surface area is 192 Å². The molecule has 4 aromatic rings. The number of nitrogens with two attached hydrogens (primary N) is 1. The summed E-state index contributed by atoms with van der Waals surface area (Å²) in [7, 11) is 0. The molecule has 0 aliphatic heterocycles. The van der Waals surface area contributed by atoms with Crippen LogP contribution in [0.1, 0.15) is 27.0 Å². The lowest BCUT2D eigenvalue weighted by Gasteiger charge is -2.08. The zero-order valence-electron chi connectivity index (χ0n) is 16.7. The molecule has 0 spiro atoms. The number of phenolic OH excluding ortho intramolecular Hbond substituents is 1. The second kappa shape index (κ2) is 9.90. The van der Waals surface area contributed by atoms with Crippen LogP contribution < -0.4 is 5.73 Å². The molecule has 3 aromatic carbocycles. The lowest BCUT2D eigenvalue weighted by Crippen LogP contribution is -2.10. The first-order chi connectivity index (χ1) is 15.3. The van der Waals surface area contributed by atoms with Gasteiger partial charge in [-0.1, -0.05) is 28.1 Å². The van der Waals surface area contributed by atoms with Gasteiger partial charge in [-0.3, -0.25) is 4.79 Å². The summed E-state index contributed by atoms with van der Waals surface area (Å²) in [5, 5.41) is 26.0. The number of hydrogen-bond acceptors (Lipinski definition) is 4. The molecular formula is C24H18BrFN4O2. The largest absolute Gasteiger partial charge is 0.507 e. The number of aromatic nitrogens is 1. The van der Waals surface area contributed by atoms with Gasteiger partial charge in [-0.25, -0.2) is 4.39 Å². The minimum atomic E-state index is -0.619. The Balaban J connectivity index is 0.000000207. The van der Waals surface area contributed by atoms with Crippen molar-refractivity contribution in [3.8, 4) is 11.8 Å². The van der Waals surface area contributed by atoms with Crippen LogP contribution >= 0.6 is 15.9 Å². The number of phenols is 1. The van der Waals surface area contributed by atoms with Gasteiger partial charge in [0.15, 0.2) is 0 Å². The van der Waals surface area contributed by atoms with Gasteiger partial charge in [0.05, 0.1) is 5.56 Å². The Bertz CT molecular complexity index is 1360. The maximum absolute atomic E-state index is 13.3. The van der Waals surface area contributed by atoms with Gasteiger partial charge in [0.25, 0.3) is 0 Å². The second-order valence-corrected chi connectivity index (χ2v) is 7.67. The predicted octanol–water partition coefficient (Wildman–Crippen LogP) is 4.95. The molecule has 1 amide bonds. The number of nitrogens with one attached hydrogen (secondary N) is 1. The van der Waals surface area contributed by atoms with Crippen LogP contribution in [0, 0.1) is 22.6 Å². The van der Waals surface area contributed by atoms with Gasteiger partial charge in [0, 0.05) is 45.5 Å². The van der Waals surface area contributed by atoms with Crippen LogP contribution in [0.3, 0.4) is 0 Å². The zero-order chi connectivity index (χ0) is 23.3. The normalized spacial score (nSPS) is 10.2. The van der Waals surface area contributed by atoms with Crippen LogP contribution in [0.5, 0.6) is 5.75 Å². The Morgan fingerprint density at radius 3 is 2.69 bits per heavy atom. The zero-order valence-corrected chi connectivity index (χ0v) is 18.3.